The summed E-state index contributed by atoms with van der Waals surface area (Å²) in [7, 11) is 0. The predicted molar refractivity (Wildman–Crippen MR) is 108 cm³/mol. The summed E-state index contributed by atoms with van der Waals surface area (Å²) in [4.78, 5) is 29.6. The highest BCUT2D eigenvalue weighted by Crippen LogP contribution is 2.19. The molecule has 0 bridgehead atoms. The quantitative estimate of drug-likeness (QED) is 0.385. The maximum atomic E-state index is 12.7. The lowest BCUT2D eigenvalue weighted by Crippen LogP contribution is -2.24. The van der Waals surface area contributed by atoms with Crippen molar-refractivity contribution in [3.63, 3.8) is 0 Å². The second-order valence-electron chi connectivity index (χ2n) is 6.21. The second kappa shape index (κ2) is 8.22. The number of amides is 1. The molecule has 0 saturated carbocycles. The fourth-order valence-electron chi connectivity index (χ4n) is 2.68. The van der Waals surface area contributed by atoms with Crippen molar-refractivity contribution < 1.29 is 4.79 Å². The summed E-state index contributed by atoms with van der Waals surface area (Å²) < 4.78 is 3.27. The summed E-state index contributed by atoms with van der Waals surface area (Å²) in [5.74, 6) is 0.589. The molecule has 3 aromatic rings. The molecule has 1 N–H and O–H groups in total. The van der Waals surface area contributed by atoms with Gasteiger partial charge in [-0.1, -0.05) is 30.0 Å². The van der Waals surface area contributed by atoms with E-state index in [4.69, 9.17) is 0 Å². The van der Waals surface area contributed by atoms with Gasteiger partial charge in [-0.05, 0) is 26.0 Å². The van der Waals surface area contributed by atoms with Gasteiger partial charge in [0.05, 0.1) is 22.9 Å². The molecule has 0 aliphatic carbocycles. The van der Waals surface area contributed by atoms with Gasteiger partial charge in [0.25, 0.3) is 5.56 Å². The molecule has 8 heteroatoms. The van der Waals surface area contributed by atoms with Crippen LogP contribution in [-0.2, 0) is 11.3 Å². The summed E-state index contributed by atoms with van der Waals surface area (Å²) >= 11 is 1.22. The number of aromatic nitrogens is 4. The Morgan fingerprint density at radius 3 is 2.85 bits per heavy atom. The van der Waals surface area contributed by atoms with E-state index in [1.807, 2.05) is 26.0 Å². The van der Waals surface area contributed by atoms with Gasteiger partial charge in [0.15, 0.2) is 5.16 Å². The number of nitrogens with zero attached hydrogens (tertiary/aromatic N) is 4. The van der Waals surface area contributed by atoms with Crippen LogP contribution in [0.25, 0.3) is 10.9 Å². The lowest BCUT2D eigenvalue weighted by Gasteiger charge is -2.13. The number of carbonyl (C=O) groups excluding carboxylic acids is 1. The average molecular weight is 383 g/mol. The molecule has 2 heterocycles. The maximum absolute atomic E-state index is 12.7. The number of para-hydroxylation sites is 1. The molecule has 2 aromatic heterocycles. The van der Waals surface area contributed by atoms with E-state index in [-0.39, 0.29) is 23.3 Å². The summed E-state index contributed by atoms with van der Waals surface area (Å²) in [6, 6.07) is 9.08. The third kappa shape index (κ3) is 4.11. The molecule has 3 rings (SSSR count). The summed E-state index contributed by atoms with van der Waals surface area (Å²) in [6.07, 6.45) is 3.29. The van der Waals surface area contributed by atoms with Gasteiger partial charge in [-0.3, -0.25) is 14.2 Å². The van der Waals surface area contributed by atoms with Crippen LogP contribution >= 0.6 is 11.8 Å². The Balaban J connectivity index is 1.80. The van der Waals surface area contributed by atoms with Crippen molar-refractivity contribution in [1.29, 1.82) is 0 Å². The number of rotatable bonds is 7. The highest BCUT2D eigenvalue weighted by atomic mass is 32.2. The highest BCUT2D eigenvalue weighted by molar-refractivity contribution is 7.99. The Bertz CT molecular complexity index is 1040. The maximum Gasteiger partial charge on any atom is 0.262 e. The van der Waals surface area contributed by atoms with Crippen LogP contribution in [0, 0.1) is 0 Å². The van der Waals surface area contributed by atoms with Crippen molar-refractivity contribution >= 4 is 34.4 Å². The first-order valence-corrected chi connectivity index (χ1v) is 9.56. The van der Waals surface area contributed by atoms with Crippen molar-refractivity contribution in [2.24, 2.45) is 0 Å². The Morgan fingerprint density at radius 2 is 2.11 bits per heavy atom. The van der Waals surface area contributed by atoms with Crippen LogP contribution in [0.15, 0.2) is 59.1 Å². The highest BCUT2D eigenvalue weighted by Gasteiger charge is 2.14. The molecule has 0 unspecified atom stereocenters. The van der Waals surface area contributed by atoms with Gasteiger partial charge in [0.2, 0.25) is 5.91 Å². The molecule has 0 radical (unpaired) electrons. The number of benzene rings is 1. The fraction of sp³-hybridized carbons (Fsp3) is 0.263. The van der Waals surface area contributed by atoms with Crippen LogP contribution in [0.5, 0.6) is 0 Å². The Kier molecular flexibility index (Phi) is 5.75. The number of thioether (sulfide) groups is 1. The molecule has 27 heavy (non-hydrogen) atoms. The first-order valence-electron chi connectivity index (χ1n) is 8.58. The largest absolute Gasteiger partial charge is 0.310 e. The van der Waals surface area contributed by atoms with E-state index >= 15 is 0 Å². The predicted octanol–water partition coefficient (Wildman–Crippen LogP) is 3.09. The van der Waals surface area contributed by atoms with Crippen molar-refractivity contribution in [1.82, 2.24) is 19.3 Å². The van der Waals surface area contributed by atoms with Crippen molar-refractivity contribution in [3.05, 3.63) is 59.5 Å². The number of allylic oxidation sites excluding steroid dienone is 1. The first-order chi connectivity index (χ1) is 13.0. The molecule has 0 aliphatic rings. The Morgan fingerprint density at radius 1 is 1.33 bits per heavy atom. The third-order valence-corrected chi connectivity index (χ3v) is 4.87. The van der Waals surface area contributed by atoms with Gasteiger partial charge in [-0.2, -0.15) is 5.10 Å². The van der Waals surface area contributed by atoms with Crippen LogP contribution < -0.4 is 10.9 Å². The molecule has 1 amide bonds. The topological polar surface area (TPSA) is 81.8 Å². The zero-order chi connectivity index (χ0) is 19.4. The Hall–Kier alpha value is -2.87. The van der Waals surface area contributed by atoms with Crippen LogP contribution in [0.3, 0.4) is 0 Å². The van der Waals surface area contributed by atoms with Gasteiger partial charge in [0.1, 0.15) is 5.82 Å². The van der Waals surface area contributed by atoms with Crippen molar-refractivity contribution in [3.8, 4) is 0 Å². The lowest BCUT2D eigenvalue weighted by molar-refractivity contribution is -0.113. The van der Waals surface area contributed by atoms with Gasteiger partial charge < -0.3 is 5.32 Å². The van der Waals surface area contributed by atoms with E-state index in [0.717, 1.165) is 0 Å². The van der Waals surface area contributed by atoms with E-state index in [1.165, 1.54) is 16.3 Å². The van der Waals surface area contributed by atoms with Gasteiger partial charge in [0, 0.05) is 18.7 Å². The van der Waals surface area contributed by atoms with E-state index in [1.54, 1.807) is 35.2 Å². The number of anilines is 1. The van der Waals surface area contributed by atoms with Crippen LogP contribution in [0.2, 0.25) is 0 Å². The van der Waals surface area contributed by atoms with E-state index in [2.05, 4.69) is 22.0 Å². The normalized spacial score (nSPS) is 11.1. The van der Waals surface area contributed by atoms with Crippen LogP contribution in [0.1, 0.15) is 19.9 Å². The SMILES string of the molecule is C=CCn1c(SCC(=O)Nc2ccnn2C(C)C)nc2ccccc2c1=O. The van der Waals surface area contributed by atoms with Crippen LogP contribution in [0.4, 0.5) is 5.82 Å². The van der Waals surface area contributed by atoms with E-state index in [9.17, 15) is 9.59 Å². The van der Waals surface area contributed by atoms with E-state index < -0.39 is 0 Å². The number of carbonyl (C=O) groups is 1. The van der Waals surface area contributed by atoms with Gasteiger partial charge >= 0.3 is 0 Å². The van der Waals surface area contributed by atoms with Crippen LogP contribution in [-0.4, -0.2) is 31.0 Å². The number of nitrogens with one attached hydrogen (secondary N) is 1. The number of hydrogen-bond acceptors (Lipinski definition) is 5. The lowest BCUT2D eigenvalue weighted by atomic mass is 10.2. The number of fused-ring (bicyclic) bond motifs is 1. The molecule has 1 aromatic carbocycles. The monoisotopic (exact) mass is 383 g/mol. The molecule has 7 nitrogen and oxygen atoms in total. The molecular formula is C19H21N5O2S. The van der Waals surface area contributed by atoms with Gasteiger partial charge in [-0.15, -0.1) is 6.58 Å². The average Bonchev–Trinajstić information content (AvgIpc) is 3.11. The van der Waals surface area contributed by atoms with Crippen molar-refractivity contribution in [2.45, 2.75) is 31.6 Å². The van der Waals surface area contributed by atoms with E-state index in [0.29, 0.717) is 28.4 Å². The summed E-state index contributed by atoms with van der Waals surface area (Å²) in [5, 5.41) is 8.09. The zero-order valence-electron chi connectivity index (χ0n) is 15.3. The first kappa shape index (κ1) is 18.9. The van der Waals surface area contributed by atoms with Gasteiger partial charge in [-0.25, -0.2) is 9.67 Å². The fourth-order valence-corrected chi connectivity index (χ4v) is 3.49. The zero-order valence-corrected chi connectivity index (χ0v) is 16.1. The summed E-state index contributed by atoms with van der Waals surface area (Å²) in [6.45, 7) is 8.02. The summed E-state index contributed by atoms with van der Waals surface area (Å²) in [5.41, 5.74) is 0.477. The molecule has 140 valence electrons. The minimum atomic E-state index is -0.185. The molecule has 0 aliphatic heterocycles. The molecule has 0 saturated heterocycles. The second-order valence-corrected chi connectivity index (χ2v) is 7.15. The molecular weight excluding hydrogens is 362 g/mol. The standard InChI is InChI=1S/C19H21N5O2S/c1-4-11-23-18(26)14-7-5-6-8-15(14)21-19(23)27-12-17(25)22-16-9-10-20-24(16)13(2)3/h4-10,13H,1,11-12H2,2-3H3,(H,22,25). The number of hydrogen-bond donors (Lipinski definition) is 1. The minimum Gasteiger partial charge on any atom is -0.310 e. The smallest absolute Gasteiger partial charge is 0.262 e. The third-order valence-electron chi connectivity index (χ3n) is 3.90. The van der Waals surface area contributed by atoms with Crippen molar-refractivity contribution in [2.75, 3.05) is 11.1 Å². The minimum absolute atomic E-state index is 0.130. The molecule has 0 atom stereocenters. The molecule has 0 spiro atoms. The molecule has 0 fully saturated rings. The Labute approximate surface area is 161 Å².